The molecule has 5 heteroatoms. The highest BCUT2D eigenvalue weighted by Crippen LogP contribution is 2.23. The van der Waals surface area contributed by atoms with Crippen LogP contribution in [0.15, 0.2) is 18.2 Å². The Bertz CT molecular complexity index is 393. The second kappa shape index (κ2) is 6.10. The molecule has 1 rings (SSSR count). The quantitative estimate of drug-likeness (QED) is 0.452. The number of benzene rings is 1. The highest BCUT2D eigenvalue weighted by Gasteiger charge is 2.12. The Morgan fingerprint density at radius 2 is 2.24 bits per heavy atom. The van der Waals surface area contributed by atoms with Gasteiger partial charge in [0, 0.05) is 6.54 Å². The van der Waals surface area contributed by atoms with Gasteiger partial charge in [0.1, 0.15) is 0 Å². The number of phenolic OH excluding ortho intramolecular Hbond substituents is 1. The molecule has 0 fully saturated rings. The van der Waals surface area contributed by atoms with Crippen LogP contribution in [-0.4, -0.2) is 28.8 Å². The summed E-state index contributed by atoms with van der Waals surface area (Å²) >= 11 is 0. The van der Waals surface area contributed by atoms with Crippen molar-refractivity contribution in [2.45, 2.75) is 25.9 Å². The number of carbonyl (C=O) groups excluding carboxylic acids is 1. The van der Waals surface area contributed by atoms with Crippen LogP contribution in [0, 0.1) is 0 Å². The molecule has 0 heterocycles. The largest absolute Gasteiger partial charge is 0.505 e. The number of para-hydroxylation sites is 1. The van der Waals surface area contributed by atoms with Crippen molar-refractivity contribution in [3.63, 3.8) is 0 Å². The smallest absolute Gasteiger partial charge is 0.255 e. The molecular formula is C12H18N2O3. The van der Waals surface area contributed by atoms with Crippen LogP contribution in [0.5, 0.6) is 5.75 Å². The zero-order valence-electron chi connectivity index (χ0n) is 9.81. The van der Waals surface area contributed by atoms with Gasteiger partial charge in [-0.15, -0.1) is 0 Å². The van der Waals surface area contributed by atoms with Crippen molar-refractivity contribution in [2.75, 3.05) is 12.3 Å². The second-order valence-electron chi connectivity index (χ2n) is 3.85. The van der Waals surface area contributed by atoms with Gasteiger partial charge in [0.2, 0.25) is 0 Å². The molecule has 0 spiro atoms. The average Bonchev–Trinajstić information content (AvgIpc) is 2.32. The lowest BCUT2D eigenvalue weighted by Crippen LogP contribution is -2.27. The minimum Gasteiger partial charge on any atom is -0.505 e. The van der Waals surface area contributed by atoms with E-state index in [4.69, 9.17) is 5.73 Å². The summed E-state index contributed by atoms with van der Waals surface area (Å²) in [5.41, 5.74) is 5.81. The number of phenols is 1. The maximum atomic E-state index is 11.7. The van der Waals surface area contributed by atoms with Crippen LogP contribution in [0.4, 0.5) is 5.69 Å². The van der Waals surface area contributed by atoms with Gasteiger partial charge in [-0.1, -0.05) is 13.0 Å². The SMILES string of the molecule is CCC(O)CCNC(=O)c1cccc(N)c1O. The van der Waals surface area contributed by atoms with Crippen molar-refractivity contribution in [3.8, 4) is 5.75 Å². The molecule has 0 bridgehead atoms. The Morgan fingerprint density at radius 3 is 2.88 bits per heavy atom. The van der Waals surface area contributed by atoms with Crippen LogP contribution in [0.25, 0.3) is 0 Å². The summed E-state index contributed by atoms with van der Waals surface area (Å²) in [6.07, 6.45) is 0.731. The van der Waals surface area contributed by atoms with Crippen LogP contribution in [0.3, 0.4) is 0 Å². The van der Waals surface area contributed by atoms with E-state index in [9.17, 15) is 15.0 Å². The van der Waals surface area contributed by atoms with Crippen molar-refractivity contribution in [1.82, 2.24) is 5.32 Å². The molecule has 1 aromatic carbocycles. The molecule has 0 saturated carbocycles. The predicted octanol–water partition coefficient (Wildman–Crippen LogP) is 0.865. The number of rotatable bonds is 5. The Morgan fingerprint density at radius 1 is 1.53 bits per heavy atom. The molecule has 1 atom stereocenters. The van der Waals surface area contributed by atoms with E-state index in [1.807, 2.05) is 6.92 Å². The van der Waals surface area contributed by atoms with E-state index >= 15 is 0 Å². The number of hydrogen-bond acceptors (Lipinski definition) is 4. The van der Waals surface area contributed by atoms with Crippen molar-refractivity contribution in [3.05, 3.63) is 23.8 Å². The topological polar surface area (TPSA) is 95.6 Å². The molecule has 0 radical (unpaired) electrons. The predicted molar refractivity (Wildman–Crippen MR) is 65.8 cm³/mol. The van der Waals surface area contributed by atoms with E-state index in [-0.39, 0.29) is 17.0 Å². The average molecular weight is 238 g/mol. The number of aromatic hydroxyl groups is 1. The van der Waals surface area contributed by atoms with Gasteiger partial charge in [0.25, 0.3) is 5.91 Å². The first kappa shape index (κ1) is 13.3. The van der Waals surface area contributed by atoms with E-state index < -0.39 is 12.0 Å². The number of carbonyl (C=O) groups is 1. The van der Waals surface area contributed by atoms with Crippen LogP contribution in [-0.2, 0) is 0 Å². The molecule has 0 aromatic heterocycles. The molecule has 1 amide bonds. The van der Waals surface area contributed by atoms with Crippen LogP contribution >= 0.6 is 0 Å². The molecular weight excluding hydrogens is 220 g/mol. The highest BCUT2D eigenvalue weighted by atomic mass is 16.3. The van der Waals surface area contributed by atoms with E-state index in [2.05, 4.69) is 5.32 Å². The fourth-order valence-corrected chi connectivity index (χ4v) is 1.40. The van der Waals surface area contributed by atoms with Gasteiger partial charge in [-0.05, 0) is 25.0 Å². The minimum absolute atomic E-state index is 0.149. The van der Waals surface area contributed by atoms with Crippen molar-refractivity contribution in [2.24, 2.45) is 0 Å². The molecule has 1 unspecified atom stereocenters. The third kappa shape index (κ3) is 3.64. The van der Waals surface area contributed by atoms with Crippen molar-refractivity contribution in [1.29, 1.82) is 0 Å². The van der Waals surface area contributed by atoms with E-state index in [0.29, 0.717) is 19.4 Å². The van der Waals surface area contributed by atoms with Crippen LogP contribution in [0.2, 0.25) is 0 Å². The number of amides is 1. The Balaban J connectivity index is 2.56. The third-order valence-corrected chi connectivity index (χ3v) is 2.55. The lowest BCUT2D eigenvalue weighted by molar-refractivity contribution is 0.0939. The molecule has 1 aromatic rings. The molecule has 0 aliphatic carbocycles. The summed E-state index contributed by atoms with van der Waals surface area (Å²) in [6.45, 7) is 2.23. The van der Waals surface area contributed by atoms with Gasteiger partial charge in [-0.3, -0.25) is 4.79 Å². The number of nitrogens with two attached hydrogens (primary N) is 1. The summed E-state index contributed by atoms with van der Waals surface area (Å²) in [5, 5.41) is 21.5. The molecule has 0 saturated heterocycles. The van der Waals surface area contributed by atoms with E-state index in [1.54, 1.807) is 6.07 Å². The monoisotopic (exact) mass is 238 g/mol. The van der Waals surface area contributed by atoms with Gasteiger partial charge in [0.05, 0.1) is 17.4 Å². The fourth-order valence-electron chi connectivity index (χ4n) is 1.40. The second-order valence-corrected chi connectivity index (χ2v) is 3.85. The van der Waals surface area contributed by atoms with Gasteiger partial charge in [-0.2, -0.15) is 0 Å². The summed E-state index contributed by atoms with van der Waals surface area (Å²) in [6, 6.07) is 4.62. The van der Waals surface area contributed by atoms with Gasteiger partial charge >= 0.3 is 0 Å². The normalized spacial score (nSPS) is 12.1. The Hall–Kier alpha value is -1.75. The molecule has 5 N–H and O–H groups in total. The van der Waals surface area contributed by atoms with E-state index in [0.717, 1.165) is 0 Å². The van der Waals surface area contributed by atoms with E-state index in [1.165, 1.54) is 12.1 Å². The Kier molecular flexibility index (Phi) is 4.78. The molecule has 94 valence electrons. The first-order valence-electron chi connectivity index (χ1n) is 5.60. The fraction of sp³-hybridized carbons (Fsp3) is 0.417. The van der Waals surface area contributed by atoms with Crippen LogP contribution in [0.1, 0.15) is 30.1 Å². The third-order valence-electron chi connectivity index (χ3n) is 2.55. The molecule has 0 aliphatic heterocycles. The summed E-state index contributed by atoms with van der Waals surface area (Å²) in [7, 11) is 0. The van der Waals surface area contributed by atoms with Crippen LogP contribution < -0.4 is 11.1 Å². The lowest BCUT2D eigenvalue weighted by Gasteiger charge is -2.10. The number of anilines is 1. The first-order chi connectivity index (χ1) is 8.06. The summed E-state index contributed by atoms with van der Waals surface area (Å²) < 4.78 is 0. The standard InChI is InChI=1S/C12H18N2O3/c1-2-8(15)6-7-14-12(17)9-4-3-5-10(13)11(9)16/h3-5,8,15-16H,2,6-7,13H2,1H3,(H,14,17). The van der Waals surface area contributed by atoms with Crippen molar-refractivity contribution >= 4 is 11.6 Å². The number of aliphatic hydroxyl groups is 1. The maximum Gasteiger partial charge on any atom is 0.255 e. The van der Waals surface area contributed by atoms with Gasteiger partial charge in [0.15, 0.2) is 5.75 Å². The summed E-state index contributed by atoms with van der Waals surface area (Å²) in [5.74, 6) is -0.598. The Labute approximate surface area is 100 Å². The lowest BCUT2D eigenvalue weighted by atomic mass is 10.1. The highest BCUT2D eigenvalue weighted by molar-refractivity contribution is 5.98. The summed E-state index contributed by atoms with van der Waals surface area (Å²) in [4.78, 5) is 11.7. The number of aliphatic hydroxyl groups excluding tert-OH is 1. The molecule has 0 aliphatic rings. The first-order valence-corrected chi connectivity index (χ1v) is 5.60. The minimum atomic E-state index is -0.412. The maximum absolute atomic E-state index is 11.7. The number of nitrogen functional groups attached to an aromatic ring is 1. The molecule has 5 nitrogen and oxygen atoms in total. The van der Waals surface area contributed by atoms with Crippen molar-refractivity contribution < 1.29 is 15.0 Å². The van der Waals surface area contributed by atoms with Gasteiger partial charge in [-0.25, -0.2) is 0 Å². The number of nitrogens with one attached hydrogen (secondary N) is 1. The van der Waals surface area contributed by atoms with Gasteiger partial charge < -0.3 is 21.3 Å². The zero-order valence-corrected chi connectivity index (χ0v) is 9.81. The zero-order chi connectivity index (χ0) is 12.8. The number of hydrogen-bond donors (Lipinski definition) is 4. The molecule has 17 heavy (non-hydrogen) atoms.